The number of nitrogens with zero attached hydrogens (tertiary/aromatic N) is 5. The van der Waals surface area contributed by atoms with Crippen LogP contribution in [0.15, 0.2) is 30.7 Å². The van der Waals surface area contributed by atoms with E-state index in [1.807, 2.05) is 0 Å². The molecule has 0 unspecified atom stereocenters. The highest BCUT2D eigenvalue weighted by Gasteiger charge is 2.25. The molecule has 1 aliphatic carbocycles. The van der Waals surface area contributed by atoms with E-state index in [0.29, 0.717) is 58.7 Å². The fraction of sp³-hybridized carbons (Fsp3) is 0.364. The Morgan fingerprint density at radius 2 is 2.06 bits per heavy atom. The SMILES string of the molecule is CCC(=O)c1cnc(NC(=O)CC2CC2)cc1Nc1nccc(-c2cnn(C)n2)c1OC. The minimum Gasteiger partial charge on any atom is -0.492 e. The van der Waals surface area contributed by atoms with Crippen LogP contribution in [0.25, 0.3) is 11.3 Å². The normalized spacial score (nSPS) is 13.0. The number of aromatic nitrogens is 5. The first-order chi connectivity index (χ1) is 15.5. The lowest BCUT2D eigenvalue weighted by atomic mass is 10.1. The van der Waals surface area contributed by atoms with Crippen molar-refractivity contribution in [2.24, 2.45) is 13.0 Å². The van der Waals surface area contributed by atoms with Gasteiger partial charge in [0.05, 0.1) is 30.1 Å². The molecule has 1 amide bonds. The molecule has 3 aromatic heterocycles. The summed E-state index contributed by atoms with van der Waals surface area (Å²) in [7, 11) is 3.27. The van der Waals surface area contributed by atoms with Gasteiger partial charge < -0.3 is 15.4 Å². The fourth-order valence-corrected chi connectivity index (χ4v) is 3.36. The van der Waals surface area contributed by atoms with Gasteiger partial charge in [0.1, 0.15) is 11.5 Å². The summed E-state index contributed by atoms with van der Waals surface area (Å²) >= 11 is 0. The van der Waals surface area contributed by atoms with E-state index in [0.717, 1.165) is 12.8 Å². The summed E-state index contributed by atoms with van der Waals surface area (Å²) < 4.78 is 5.61. The van der Waals surface area contributed by atoms with Gasteiger partial charge in [-0.1, -0.05) is 6.92 Å². The van der Waals surface area contributed by atoms with Crippen molar-refractivity contribution >= 4 is 29.0 Å². The summed E-state index contributed by atoms with van der Waals surface area (Å²) in [4.78, 5) is 34.9. The zero-order valence-corrected chi connectivity index (χ0v) is 18.3. The highest BCUT2D eigenvalue weighted by Crippen LogP contribution is 2.36. The Bertz CT molecular complexity index is 1150. The molecule has 0 atom stereocenters. The first-order valence-corrected chi connectivity index (χ1v) is 10.5. The average Bonchev–Trinajstić information content (AvgIpc) is 3.49. The van der Waals surface area contributed by atoms with Crippen LogP contribution < -0.4 is 15.4 Å². The monoisotopic (exact) mass is 435 g/mol. The van der Waals surface area contributed by atoms with Gasteiger partial charge in [0.15, 0.2) is 17.4 Å². The first kappa shape index (κ1) is 21.4. The van der Waals surface area contributed by atoms with E-state index in [1.54, 1.807) is 38.5 Å². The number of ketones is 1. The molecule has 0 aliphatic heterocycles. The number of methoxy groups -OCH3 is 1. The standard InChI is InChI=1S/C22H25N7O3/c1-4-18(30)15-11-24-19(27-20(31)9-13-5-6-13)10-16(15)26-22-21(32-3)14(7-8-23-22)17-12-25-29(2)28-17/h7-8,10-13H,4-6,9H2,1-3H3,(H2,23,24,26,27,31). The van der Waals surface area contributed by atoms with E-state index in [9.17, 15) is 9.59 Å². The van der Waals surface area contributed by atoms with E-state index < -0.39 is 0 Å². The lowest BCUT2D eigenvalue weighted by Crippen LogP contribution is -2.14. The molecule has 0 bridgehead atoms. The van der Waals surface area contributed by atoms with Crippen molar-refractivity contribution in [1.82, 2.24) is 25.0 Å². The molecule has 1 aliphatic rings. The Hall–Kier alpha value is -3.82. The molecule has 2 N–H and O–H groups in total. The molecular weight excluding hydrogens is 410 g/mol. The number of amides is 1. The smallest absolute Gasteiger partial charge is 0.225 e. The number of hydrogen-bond donors (Lipinski definition) is 2. The van der Waals surface area contributed by atoms with Crippen molar-refractivity contribution in [3.8, 4) is 17.0 Å². The molecule has 3 aromatic rings. The van der Waals surface area contributed by atoms with Crippen LogP contribution in [0.2, 0.25) is 0 Å². The number of pyridine rings is 2. The van der Waals surface area contributed by atoms with Crippen LogP contribution in [0.4, 0.5) is 17.3 Å². The van der Waals surface area contributed by atoms with Crippen LogP contribution in [0.1, 0.15) is 43.0 Å². The van der Waals surface area contributed by atoms with Gasteiger partial charge in [-0.15, -0.1) is 0 Å². The zero-order chi connectivity index (χ0) is 22.7. The molecule has 0 saturated heterocycles. The van der Waals surface area contributed by atoms with Gasteiger partial charge in [-0.2, -0.15) is 15.0 Å². The molecule has 4 rings (SSSR count). The van der Waals surface area contributed by atoms with Crippen LogP contribution in [0, 0.1) is 5.92 Å². The average molecular weight is 435 g/mol. The highest BCUT2D eigenvalue weighted by atomic mass is 16.5. The summed E-state index contributed by atoms with van der Waals surface area (Å²) in [6, 6.07) is 3.42. The van der Waals surface area contributed by atoms with Crippen LogP contribution in [0.5, 0.6) is 5.75 Å². The van der Waals surface area contributed by atoms with E-state index in [-0.39, 0.29) is 11.7 Å². The fourth-order valence-electron chi connectivity index (χ4n) is 3.36. The quantitative estimate of drug-likeness (QED) is 0.490. The maximum Gasteiger partial charge on any atom is 0.225 e. The second-order valence-corrected chi connectivity index (χ2v) is 7.67. The third-order valence-corrected chi connectivity index (χ3v) is 5.20. The van der Waals surface area contributed by atoms with E-state index in [4.69, 9.17) is 4.74 Å². The van der Waals surface area contributed by atoms with Crippen molar-refractivity contribution in [1.29, 1.82) is 0 Å². The van der Waals surface area contributed by atoms with Crippen LogP contribution in [-0.4, -0.2) is 43.8 Å². The van der Waals surface area contributed by atoms with Crippen LogP contribution in [0.3, 0.4) is 0 Å². The molecular formula is C22H25N7O3. The molecule has 10 nitrogen and oxygen atoms in total. The van der Waals surface area contributed by atoms with Gasteiger partial charge in [0.25, 0.3) is 0 Å². The second kappa shape index (κ2) is 9.13. The molecule has 32 heavy (non-hydrogen) atoms. The van der Waals surface area contributed by atoms with Gasteiger partial charge in [-0.25, -0.2) is 9.97 Å². The Kier molecular flexibility index (Phi) is 6.11. The maximum absolute atomic E-state index is 12.5. The largest absolute Gasteiger partial charge is 0.492 e. The van der Waals surface area contributed by atoms with Crippen molar-refractivity contribution < 1.29 is 14.3 Å². The summed E-state index contributed by atoms with van der Waals surface area (Å²) in [6.07, 6.45) is 7.70. The van der Waals surface area contributed by atoms with Crippen molar-refractivity contribution in [2.45, 2.75) is 32.6 Å². The molecule has 3 heterocycles. The summed E-state index contributed by atoms with van der Waals surface area (Å²) in [5, 5.41) is 14.4. The number of hydrogen-bond acceptors (Lipinski definition) is 8. The van der Waals surface area contributed by atoms with Crippen molar-refractivity contribution in [3.63, 3.8) is 0 Å². The minimum absolute atomic E-state index is 0.0825. The predicted molar refractivity (Wildman–Crippen MR) is 119 cm³/mol. The van der Waals surface area contributed by atoms with E-state index in [2.05, 4.69) is 30.8 Å². The molecule has 1 saturated carbocycles. The van der Waals surface area contributed by atoms with E-state index in [1.165, 1.54) is 18.1 Å². The Morgan fingerprint density at radius 3 is 2.72 bits per heavy atom. The Morgan fingerprint density at radius 1 is 1.25 bits per heavy atom. The summed E-state index contributed by atoms with van der Waals surface area (Å²) in [5.41, 5.74) is 2.22. The molecule has 0 spiro atoms. The van der Waals surface area contributed by atoms with E-state index >= 15 is 0 Å². The summed E-state index contributed by atoms with van der Waals surface area (Å²) in [5.74, 6) is 1.53. The highest BCUT2D eigenvalue weighted by molar-refractivity contribution is 6.02. The number of aryl methyl sites for hydroxylation is 1. The third-order valence-electron chi connectivity index (χ3n) is 5.20. The number of Topliss-reactive ketones (excluding diaryl/α,β-unsaturated/α-hetero) is 1. The van der Waals surface area contributed by atoms with Crippen molar-refractivity contribution in [2.75, 3.05) is 17.7 Å². The lowest BCUT2D eigenvalue weighted by molar-refractivity contribution is -0.116. The minimum atomic E-state index is -0.0834. The molecule has 1 fully saturated rings. The topological polar surface area (TPSA) is 124 Å². The van der Waals surface area contributed by atoms with Crippen LogP contribution >= 0.6 is 0 Å². The number of anilines is 3. The third kappa shape index (κ3) is 4.74. The van der Waals surface area contributed by atoms with Gasteiger partial charge in [-0.05, 0) is 24.8 Å². The summed E-state index contributed by atoms with van der Waals surface area (Å²) in [6.45, 7) is 1.78. The zero-order valence-electron chi connectivity index (χ0n) is 18.3. The maximum atomic E-state index is 12.5. The molecule has 0 aromatic carbocycles. The number of nitrogens with one attached hydrogen (secondary N) is 2. The first-order valence-electron chi connectivity index (χ1n) is 10.5. The van der Waals surface area contributed by atoms with Gasteiger partial charge in [0.2, 0.25) is 5.91 Å². The second-order valence-electron chi connectivity index (χ2n) is 7.67. The van der Waals surface area contributed by atoms with Crippen molar-refractivity contribution in [3.05, 3.63) is 36.3 Å². The van der Waals surface area contributed by atoms with Gasteiger partial charge >= 0.3 is 0 Å². The number of ether oxygens (including phenoxy) is 1. The molecule has 10 heteroatoms. The number of rotatable bonds is 9. The van der Waals surface area contributed by atoms with Gasteiger partial charge in [-0.3, -0.25) is 9.59 Å². The van der Waals surface area contributed by atoms with Crippen LogP contribution in [-0.2, 0) is 11.8 Å². The lowest BCUT2D eigenvalue weighted by Gasteiger charge is -2.16. The Labute approximate surface area is 185 Å². The van der Waals surface area contributed by atoms with Gasteiger partial charge in [0, 0.05) is 38.3 Å². The molecule has 0 radical (unpaired) electrons. The molecule has 166 valence electrons. The number of carbonyl (C=O) groups is 2. The number of carbonyl (C=O) groups excluding carboxylic acids is 2. The Balaban J connectivity index is 1.68. The predicted octanol–water partition coefficient (Wildman–Crippen LogP) is 3.36.